The van der Waals surface area contributed by atoms with Gasteiger partial charge in [0.1, 0.15) is 5.82 Å². The number of thioether (sulfide) groups is 1. The molecule has 0 spiro atoms. The summed E-state index contributed by atoms with van der Waals surface area (Å²) < 4.78 is 13.6. The highest BCUT2D eigenvalue weighted by Crippen LogP contribution is 2.27. The lowest BCUT2D eigenvalue weighted by Gasteiger charge is -2.24. The van der Waals surface area contributed by atoms with Gasteiger partial charge < -0.3 is 16.2 Å². The van der Waals surface area contributed by atoms with Crippen LogP contribution in [0.1, 0.15) is 23.2 Å². The summed E-state index contributed by atoms with van der Waals surface area (Å²) in [4.78, 5) is 10.8. The number of hydrogen-bond acceptors (Lipinski definition) is 4. The molecule has 0 saturated carbocycles. The first-order chi connectivity index (χ1) is 8.58. The van der Waals surface area contributed by atoms with E-state index in [0.717, 1.165) is 30.4 Å². The summed E-state index contributed by atoms with van der Waals surface area (Å²) in [6.07, 6.45) is 2.01. The minimum atomic E-state index is -1.31. The number of benzene rings is 1. The molecular weight excluding hydrogens is 255 g/mol. The number of rotatable bonds is 3. The maximum atomic E-state index is 13.6. The number of hydrogen-bond donors (Lipinski definition) is 3. The number of nitrogens with two attached hydrogens (primary N) is 1. The fourth-order valence-corrected chi connectivity index (χ4v) is 3.05. The smallest absolute Gasteiger partial charge is 0.338 e. The van der Waals surface area contributed by atoms with Gasteiger partial charge in [0.25, 0.3) is 0 Å². The van der Waals surface area contributed by atoms with E-state index in [4.69, 9.17) is 10.8 Å². The van der Waals surface area contributed by atoms with Gasteiger partial charge in [-0.2, -0.15) is 11.8 Å². The number of carbonyl (C=O) groups is 1. The maximum absolute atomic E-state index is 13.6. The first-order valence-electron chi connectivity index (χ1n) is 5.74. The van der Waals surface area contributed by atoms with Gasteiger partial charge in [0.15, 0.2) is 0 Å². The van der Waals surface area contributed by atoms with Crippen molar-refractivity contribution in [2.24, 2.45) is 0 Å². The van der Waals surface area contributed by atoms with Gasteiger partial charge in [-0.1, -0.05) is 0 Å². The van der Waals surface area contributed by atoms with Gasteiger partial charge in [0.2, 0.25) is 0 Å². The zero-order chi connectivity index (χ0) is 13.1. The molecule has 2 rings (SSSR count). The molecule has 0 radical (unpaired) electrons. The van der Waals surface area contributed by atoms with Gasteiger partial charge in [0.05, 0.1) is 16.9 Å². The average Bonchev–Trinajstić information content (AvgIpc) is 2.34. The highest BCUT2D eigenvalue weighted by Gasteiger charge is 2.17. The molecule has 0 unspecified atom stereocenters. The van der Waals surface area contributed by atoms with E-state index in [2.05, 4.69) is 5.32 Å². The van der Waals surface area contributed by atoms with Crippen LogP contribution in [0.3, 0.4) is 0 Å². The monoisotopic (exact) mass is 270 g/mol. The second kappa shape index (κ2) is 5.48. The number of aromatic carboxylic acids is 1. The van der Waals surface area contributed by atoms with Crippen molar-refractivity contribution < 1.29 is 14.3 Å². The third kappa shape index (κ3) is 2.87. The van der Waals surface area contributed by atoms with Crippen molar-refractivity contribution >= 4 is 29.1 Å². The number of carboxylic acid groups (broad SMARTS) is 1. The molecular formula is C12H15FN2O2S. The fourth-order valence-electron chi connectivity index (χ4n) is 1.94. The lowest BCUT2D eigenvalue weighted by molar-refractivity contribution is 0.0692. The molecule has 4 N–H and O–H groups in total. The molecule has 1 aromatic rings. The number of carboxylic acids is 1. The average molecular weight is 270 g/mol. The van der Waals surface area contributed by atoms with Crippen molar-refractivity contribution in [3.8, 4) is 0 Å². The molecule has 18 heavy (non-hydrogen) atoms. The lowest BCUT2D eigenvalue weighted by atomic mass is 10.1. The first kappa shape index (κ1) is 13.0. The summed E-state index contributed by atoms with van der Waals surface area (Å²) in [7, 11) is 0. The van der Waals surface area contributed by atoms with E-state index < -0.39 is 17.3 Å². The van der Waals surface area contributed by atoms with Crippen molar-refractivity contribution in [2.45, 2.75) is 18.9 Å². The zero-order valence-electron chi connectivity index (χ0n) is 9.78. The highest BCUT2D eigenvalue weighted by atomic mass is 32.2. The first-order valence-corrected chi connectivity index (χ1v) is 6.90. The fraction of sp³-hybridized carbons (Fsp3) is 0.417. The predicted molar refractivity (Wildman–Crippen MR) is 71.7 cm³/mol. The molecule has 0 amide bonds. The molecule has 98 valence electrons. The molecule has 0 bridgehead atoms. The normalized spacial score (nSPS) is 16.5. The number of nitrogens with one attached hydrogen (secondary N) is 1. The Hall–Kier alpha value is -1.43. The molecule has 1 aliphatic rings. The van der Waals surface area contributed by atoms with Gasteiger partial charge in [0, 0.05) is 6.04 Å². The molecule has 1 fully saturated rings. The molecule has 1 heterocycles. The summed E-state index contributed by atoms with van der Waals surface area (Å²) >= 11 is 1.90. The van der Waals surface area contributed by atoms with Crippen molar-refractivity contribution in [2.75, 3.05) is 22.6 Å². The van der Waals surface area contributed by atoms with Crippen LogP contribution in [0.2, 0.25) is 0 Å². The summed E-state index contributed by atoms with van der Waals surface area (Å²) in [5.41, 5.74) is 6.11. The van der Waals surface area contributed by atoms with E-state index in [1.807, 2.05) is 11.8 Å². The Labute approximate surface area is 109 Å². The van der Waals surface area contributed by atoms with Crippen LogP contribution in [-0.4, -0.2) is 28.6 Å². The summed E-state index contributed by atoms with van der Waals surface area (Å²) in [6, 6.07) is 2.61. The van der Waals surface area contributed by atoms with E-state index in [1.165, 1.54) is 6.07 Å². The third-order valence-electron chi connectivity index (χ3n) is 2.95. The van der Waals surface area contributed by atoms with Gasteiger partial charge in [-0.25, -0.2) is 9.18 Å². The Morgan fingerprint density at radius 3 is 2.72 bits per heavy atom. The minimum Gasteiger partial charge on any atom is -0.478 e. The standard InChI is InChI=1S/C12H15FN2O2S/c13-9-6-11(10(14)5-8(9)12(16)17)15-7-1-3-18-4-2-7/h5-7,15H,1-4,14H2,(H,16,17). The summed E-state index contributed by atoms with van der Waals surface area (Å²) in [5.74, 6) is 0.0877. The Kier molecular flexibility index (Phi) is 3.96. The van der Waals surface area contributed by atoms with Crippen molar-refractivity contribution in [3.63, 3.8) is 0 Å². The summed E-state index contributed by atoms with van der Waals surface area (Å²) in [5, 5.41) is 12.0. The Morgan fingerprint density at radius 1 is 1.44 bits per heavy atom. The number of halogens is 1. The number of nitrogen functional groups attached to an aromatic ring is 1. The van der Waals surface area contributed by atoms with E-state index >= 15 is 0 Å². The molecule has 0 atom stereocenters. The van der Waals surface area contributed by atoms with Crippen LogP contribution in [0, 0.1) is 5.82 Å². The Morgan fingerprint density at radius 2 is 2.11 bits per heavy atom. The van der Waals surface area contributed by atoms with E-state index in [-0.39, 0.29) is 11.7 Å². The quantitative estimate of drug-likeness (QED) is 0.735. The molecule has 1 aliphatic heterocycles. The maximum Gasteiger partial charge on any atom is 0.338 e. The largest absolute Gasteiger partial charge is 0.478 e. The topological polar surface area (TPSA) is 75.4 Å². The van der Waals surface area contributed by atoms with Crippen LogP contribution in [0.4, 0.5) is 15.8 Å². The Balaban J connectivity index is 2.18. The lowest BCUT2D eigenvalue weighted by Crippen LogP contribution is -2.25. The SMILES string of the molecule is Nc1cc(C(=O)O)c(F)cc1NC1CCSCC1. The van der Waals surface area contributed by atoms with Crippen LogP contribution in [0.25, 0.3) is 0 Å². The predicted octanol–water partition coefficient (Wildman–Crippen LogP) is 2.41. The van der Waals surface area contributed by atoms with Crippen molar-refractivity contribution in [3.05, 3.63) is 23.5 Å². The molecule has 0 aliphatic carbocycles. The molecule has 6 heteroatoms. The van der Waals surface area contributed by atoms with Gasteiger partial charge >= 0.3 is 5.97 Å². The second-order valence-corrected chi connectivity index (χ2v) is 5.48. The van der Waals surface area contributed by atoms with Gasteiger partial charge in [-0.15, -0.1) is 0 Å². The van der Waals surface area contributed by atoms with E-state index in [9.17, 15) is 9.18 Å². The van der Waals surface area contributed by atoms with E-state index in [1.54, 1.807) is 0 Å². The zero-order valence-corrected chi connectivity index (χ0v) is 10.6. The van der Waals surface area contributed by atoms with Crippen molar-refractivity contribution in [1.82, 2.24) is 0 Å². The van der Waals surface area contributed by atoms with Gasteiger partial charge in [-0.05, 0) is 36.5 Å². The van der Waals surface area contributed by atoms with E-state index in [0.29, 0.717) is 5.69 Å². The van der Waals surface area contributed by atoms with Crippen LogP contribution >= 0.6 is 11.8 Å². The van der Waals surface area contributed by atoms with Crippen LogP contribution in [0.15, 0.2) is 12.1 Å². The van der Waals surface area contributed by atoms with Crippen LogP contribution < -0.4 is 11.1 Å². The Bertz CT molecular complexity index is 462. The van der Waals surface area contributed by atoms with Crippen LogP contribution in [0.5, 0.6) is 0 Å². The van der Waals surface area contributed by atoms with Gasteiger partial charge in [-0.3, -0.25) is 0 Å². The van der Waals surface area contributed by atoms with Crippen molar-refractivity contribution in [1.29, 1.82) is 0 Å². The minimum absolute atomic E-state index is 0.270. The second-order valence-electron chi connectivity index (χ2n) is 4.26. The molecule has 4 nitrogen and oxygen atoms in total. The number of anilines is 2. The molecule has 1 saturated heterocycles. The van der Waals surface area contributed by atoms with Crippen LogP contribution in [-0.2, 0) is 0 Å². The molecule has 0 aromatic heterocycles. The third-order valence-corrected chi connectivity index (χ3v) is 4.00. The highest BCUT2D eigenvalue weighted by molar-refractivity contribution is 7.99. The summed E-state index contributed by atoms with van der Waals surface area (Å²) in [6.45, 7) is 0. The molecule has 1 aromatic carbocycles.